The van der Waals surface area contributed by atoms with Crippen LogP contribution in [0.1, 0.15) is 39.2 Å². The van der Waals surface area contributed by atoms with Crippen molar-refractivity contribution in [2.75, 3.05) is 40.3 Å². The minimum Gasteiger partial charge on any atom is -0.492 e. The summed E-state index contributed by atoms with van der Waals surface area (Å²) < 4.78 is 6.14. The molecule has 150 valence electrons. The van der Waals surface area contributed by atoms with Gasteiger partial charge in [-0.05, 0) is 33.0 Å². The maximum Gasteiger partial charge on any atom is 0.228 e. The van der Waals surface area contributed by atoms with Crippen LogP contribution in [0.3, 0.4) is 0 Å². The summed E-state index contributed by atoms with van der Waals surface area (Å²) >= 11 is 0. The fraction of sp³-hybridized carbons (Fsp3) is 0.682. The third-order valence-electron chi connectivity index (χ3n) is 5.59. The number of fused-ring (bicyclic) bond motifs is 1. The van der Waals surface area contributed by atoms with Crippen molar-refractivity contribution in [1.29, 1.82) is 0 Å². The summed E-state index contributed by atoms with van der Waals surface area (Å²) in [5.41, 5.74) is 0.922. The van der Waals surface area contributed by atoms with E-state index in [0.29, 0.717) is 18.7 Å². The zero-order valence-corrected chi connectivity index (χ0v) is 17.6. The van der Waals surface area contributed by atoms with Crippen LogP contribution in [-0.2, 0) is 11.3 Å². The molecule has 0 radical (unpaired) electrons. The number of rotatable bonds is 4. The molecule has 0 aromatic heterocycles. The van der Waals surface area contributed by atoms with Gasteiger partial charge in [0.05, 0.1) is 6.04 Å². The minimum atomic E-state index is -0.319. The largest absolute Gasteiger partial charge is 0.492 e. The van der Waals surface area contributed by atoms with Gasteiger partial charge in [0.1, 0.15) is 12.4 Å². The predicted octanol–water partition coefficient (Wildman–Crippen LogP) is 2.85. The average Bonchev–Trinajstić information content (AvgIpc) is 2.98. The van der Waals surface area contributed by atoms with Crippen molar-refractivity contribution >= 4 is 5.91 Å². The van der Waals surface area contributed by atoms with Crippen molar-refractivity contribution in [3.05, 3.63) is 29.8 Å². The highest BCUT2D eigenvalue weighted by molar-refractivity contribution is 5.82. The molecule has 5 nitrogen and oxygen atoms in total. The molecule has 0 saturated carbocycles. The fourth-order valence-corrected chi connectivity index (χ4v) is 4.21. The number of benzene rings is 1. The lowest BCUT2D eigenvalue weighted by Crippen LogP contribution is -2.51. The fourth-order valence-electron chi connectivity index (χ4n) is 4.21. The Labute approximate surface area is 164 Å². The number of amides is 1. The monoisotopic (exact) mass is 373 g/mol. The highest BCUT2D eigenvalue weighted by atomic mass is 16.5. The molecule has 2 aliphatic rings. The van der Waals surface area contributed by atoms with E-state index in [1.54, 1.807) is 0 Å². The second kappa shape index (κ2) is 8.19. The maximum absolute atomic E-state index is 12.9. The van der Waals surface area contributed by atoms with Crippen LogP contribution in [0.2, 0.25) is 0 Å². The predicted molar refractivity (Wildman–Crippen MR) is 109 cm³/mol. The first-order valence-corrected chi connectivity index (χ1v) is 10.2. The molecule has 2 heterocycles. The van der Waals surface area contributed by atoms with Gasteiger partial charge in [-0.15, -0.1) is 0 Å². The van der Waals surface area contributed by atoms with E-state index in [4.69, 9.17) is 4.74 Å². The van der Waals surface area contributed by atoms with Gasteiger partial charge < -0.3 is 14.5 Å². The summed E-state index contributed by atoms with van der Waals surface area (Å²) in [5, 5.41) is 0. The van der Waals surface area contributed by atoms with E-state index in [1.165, 1.54) is 5.56 Å². The number of hydrogen-bond donors (Lipinski definition) is 0. The Hall–Kier alpha value is -1.59. The van der Waals surface area contributed by atoms with Crippen LogP contribution in [-0.4, -0.2) is 73.0 Å². The quantitative estimate of drug-likeness (QED) is 0.813. The molecule has 1 fully saturated rings. The zero-order chi connectivity index (χ0) is 19.6. The van der Waals surface area contributed by atoms with Crippen LogP contribution >= 0.6 is 0 Å². The lowest BCUT2D eigenvalue weighted by Gasteiger charge is -2.37. The van der Waals surface area contributed by atoms with Crippen molar-refractivity contribution in [1.82, 2.24) is 14.7 Å². The Morgan fingerprint density at radius 3 is 2.67 bits per heavy atom. The van der Waals surface area contributed by atoms with Gasteiger partial charge in [-0.3, -0.25) is 9.69 Å². The van der Waals surface area contributed by atoms with E-state index in [1.807, 2.05) is 26.8 Å². The summed E-state index contributed by atoms with van der Waals surface area (Å²) in [6, 6.07) is 8.96. The summed E-state index contributed by atoms with van der Waals surface area (Å²) in [6.45, 7) is 10.4. The second-order valence-corrected chi connectivity index (χ2v) is 9.31. The Morgan fingerprint density at radius 2 is 1.96 bits per heavy atom. The average molecular weight is 374 g/mol. The molecule has 5 heteroatoms. The van der Waals surface area contributed by atoms with Gasteiger partial charge in [-0.25, -0.2) is 0 Å². The highest BCUT2D eigenvalue weighted by Crippen LogP contribution is 2.29. The Morgan fingerprint density at radius 1 is 1.22 bits per heavy atom. The summed E-state index contributed by atoms with van der Waals surface area (Å²) in [7, 11) is 4.22. The standard InChI is InChI=1S/C22H35N3O2/c1-22(2,3)21(26)25-12-8-10-18(25)15-24-13-17-9-6-7-11-20(17)27-16-19(24)14-23(4)5/h6-7,9,11,18-19H,8,10,12-16H2,1-5H3/t18-,19+/m1/s1. The van der Waals surface area contributed by atoms with Gasteiger partial charge in [-0.2, -0.15) is 0 Å². The molecule has 3 rings (SSSR count). The lowest BCUT2D eigenvalue weighted by atomic mass is 9.94. The van der Waals surface area contributed by atoms with Crippen molar-refractivity contribution in [2.45, 2.75) is 52.2 Å². The first-order chi connectivity index (χ1) is 12.8. The zero-order valence-electron chi connectivity index (χ0n) is 17.6. The van der Waals surface area contributed by atoms with Crippen LogP contribution in [0.5, 0.6) is 5.75 Å². The normalized spacial score (nSPS) is 23.9. The van der Waals surface area contributed by atoms with Gasteiger partial charge in [-0.1, -0.05) is 39.0 Å². The topological polar surface area (TPSA) is 36.0 Å². The van der Waals surface area contributed by atoms with Crippen molar-refractivity contribution in [3.8, 4) is 5.75 Å². The van der Waals surface area contributed by atoms with Gasteiger partial charge in [0.15, 0.2) is 0 Å². The number of ether oxygens (including phenoxy) is 1. The van der Waals surface area contributed by atoms with E-state index in [-0.39, 0.29) is 11.3 Å². The molecule has 0 aliphatic carbocycles. The van der Waals surface area contributed by atoms with Crippen LogP contribution < -0.4 is 4.74 Å². The van der Waals surface area contributed by atoms with Gasteiger partial charge in [0.25, 0.3) is 0 Å². The summed E-state index contributed by atoms with van der Waals surface area (Å²) in [5.74, 6) is 1.28. The molecule has 0 N–H and O–H groups in total. The number of carbonyl (C=O) groups excluding carboxylic acids is 1. The third kappa shape index (κ3) is 4.82. The highest BCUT2D eigenvalue weighted by Gasteiger charge is 2.37. The molecule has 27 heavy (non-hydrogen) atoms. The van der Waals surface area contributed by atoms with Crippen LogP contribution in [0.4, 0.5) is 0 Å². The smallest absolute Gasteiger partial charge is 0.228 e. The summed E-state index contributed by atoms with van der Waals surface area (Å²) in [6.07, 6.45) is 2.20. The molecular weight excluding hydrogens is 338 g/mol. The van der Waals surface area contributed by atoms with Crippen LogP contribution in [0.15, 0.2) is 24.3 Å². The van der Waals surface area contributed by atoms with Gasteiger partial charge in [0.2, 0.25) is 5.91 Å². The van der Waals surface area contributed by atoms with E-state index in [2.05, 4.69) is 47.0 Å². The molecule has 0 unspecified atom stereocenters. The molecule has 1 saturated heterocycles. The van der Waals surface area contributed by atoms with Gasteiger partial charge in [0, 0.05) is 43.2 Å². The number of carbonyl (C=O) groups is 1. The van der Waals surface area contributed by atoms with E-state index in [9.17, 15) is 4.79 Å². The SMILES string of the molecule is CN(C)C[C@H]1COc2ccccc2CN1C[C@H]1CCCN1C(=O)C(C)(C)C. The number of hydrogen-bond acceptors (Lipinski definition) is 4. The first kappa shape index (κ1) is 20.2. The number of para-hydroxylation sites is 1. The van der Waals surface area contributed by atoms with E-state index < -0.39 is 0 Å². The number of nitrogens with zero attached hydrogens (tertiary/aromatic N) is 3. The minimum absolute atomic E-state index is 0.278. The molecule has 0 bridgehead atoms. The Kier molecular flexibility index (Phi) is 6.11. The summed E-state index contributed by atoms with van der Waals surface area (Å²) in [4.78, 5) is 19.8. The molecule has 1 aromatic rings. The first-order valence-electron chi connectivity index (χ1n) is 10.2. The Bertz CT molecular complexity index is 653. The number of likely N-dealkylation sites (tertiary alicyclic amines) is 1. The molecular formula is C22H35N3O2. The molecule has 0 spiro atoms. The van der Waals surface area contributed by atoms with E-state index in [0.717, 1.165) is 44.8 Å². The van der Waals surface area contributed by atoms with Crippen molar-refractivity contribution in [3.63, 3.8) is 0 Å². The van der Waals surface area contributed by atoms with E-state index >= 15 is 0 Å². The van der Waals surface area contributed by atoms with Crippen LogP contribution in [0, 0.1) is 5.41 Å². The van der Waals surface area contributed by atoms with Crippen molar-refractivity contribution in [2.24, 2.45) is 5.41 Å². The Balaban J connectivity index is 1.79. The maximum atomic E-state index is 12.9. The second-order valence-electron chi connectivity index (χ2n) is 9.31. The lowest BCUT2D eigenvalue weighted by molar-refractivity contribution is -0.140. The third-order valence-corrected chi connectivity index (χ3v) is 5.59. The van der Waals surface area contributed by atoms with Crippen molar-refractivity contribution < 1.29 is 9.53 Å². The molecule has 1 aromatic carbocycles. The molecule has 1 amide bonds. The van der Waals surface area contributed by atoms with Crippen LogP contribution in [0.25, 0.3) is 0 Å². The number of likely N-dealkylation sites (N-methyl/N-ethyl adjacent to an activating group) is 1. The molecule has 2 aliphatic heterocycles. The van der Waals surface area contributed by atoms with Gasteiger partial charge >= 0.3 is 0 Å². The molecule has 2 atom stereocenters.